The van der Waals surface area contributed by atoms with Crippen LogP contribution < -0.4 is 0 Å². The number of rotatable bonds is 10. The summed E-state index contributed by atoms with van der Waals surface area (Å²) in [6, 6.07) is 2.15. The predicted octanol–water partition coefficient (Wildman–Crippen LogP) is 4.22. The predicted molar refractivity (Wildman–Crippen MR) is 73.0 cm³/mol. The first kappa shape index (κ1) is 17.0. The molecule has 0 saturated heterocycles. The van der Waals surface area contributed by atoms with Crippen molar-refractivity contribution in [3.05, 3.63) is 0 Å². The fourth-order valence-electron chi connectivity index (χ4n) is 1.52. The minimum atomic E-state index is -0.350. The topological polar surface area (TPSA) is 50.1 Å². The summed E-state index contributed by atoms with van der Waals surface area (Å²) in [5.74, 6) is -0.0842. The SMILES string of the molecule is CCC(C)(C)C(=O)OCCCCCCCCC#N. The summed E-state index contributed by atoms with van der Waals surface area (Å²) in [7, 11) is 0. The van der Waals surface area contributed by atoms with E-state index in [1.54, 1.807) is 0 Å². The molecule has 0 aromatic rings. The lowest BCUT2D eigenvalue weighted by molar-refractivity contribution is -0.154. The van der Waals surface area contributed by atoms with Gasteiger partial charge in [0.15, 0.2) is 0 Å². The van der Waals surface area contributed by atoms with E-state index in [9.17, 15) is 4.79 Å². The van der Waals surface area contributed by atoms with Gasteiger partial charge in [-0.1, -0.05) is 32.6 Å². The molecule has 0 unspecified atom stereocenters. The summed E-state index contributed by atoms with van der Waals surface area (Å²) in [4.78, 5) is 11.7. The minimum absolute atomic E-state index is 0.0842. The van der Waals surface area contributed by atoms with Crippen molar-refractivity contribution in [1.82, 2.24) is 0 Å². The number of carbonyl (C=O) groups excluding carboxylic acids is 1. The van der Waals surface area contributed by atoms with Crippen molar-refractivity contribution in [2.45, 2.75) is 72.1 Å². The lowest BCUT2D eigenvalue weighted by Crippen LogP contribution is -2.26. The van der Waals surface area contributed by atoms with E-state index in [-0.39, 0.29) is 11.4 Å². The Morgan fingerprint density at radius 3 is 2.22 bits per heavy atom. The number of nitrogens with zero attached hydrogens (tertiary/aromatic N) is 1. The molecule has 18 heavy (non-hydrogen) atoms. The van der Waals surface area contributed by atoms with Crippen LogP contribution in [0.5, 0.6) is 0 Å². The maximum atomic E-state index is 11.7. The quantitative estimate of drug-likeness (QED) is 0.432. The van der Waals surface area contributed by atoms with Crippen LogP contribution in [-0.4, -0.2) is 12.6 Å². The molecule has 0 aromatic heterocycles. The summed E-state index contributed by atoms with van der Waals surface area (Å²) < 4.78 is 5.26. The van der Waals surface area contributed by atoms with Crippen LogP contribution in [0.3, 0.4) is 0 Å². The van der Waals surface area contributed by atoms with E-state index in [1.165, 1.54) is 12.8 Å². The van der Waals surface area contributed by atoms with Crippen molar-refractivity contribution in [2.24, 2.45) is 5.41 Å². The van der Waals surface area contributed by atoms with Gasteiger partial charge >= 0.3 is 5.97 Å². The minimum Gasteiger partial charge on any atom is -0.465 e. The first-order chi connectivity index (χ1) is 8.54. The first-order valence-electron chi connectivity index (χ1n) is 7.08. The maximum Gasteiger partial charge on any atom is 0.311 e. The smallest absolute Gasteiger partial charge is 0.311 e. The molecule has 0 radical (unpaired) electrons. The zero-order valence-corrected chi connectivity index (χ0v) is 12.1. The summed E-state index contributed by atoms with van der Waals surface area (Å²) in [5.41, 5.74) is -0.350. The Balaban J connectivity index is 3.36. The van der Waals surface area contributed by atoms with Gasteiger partial charge in [-0.15, -0.1) is 0 Å². The highest BCUT2D eigenvalue weighted by molar-refractivity contribution is 5.75. The zero-order chi connectivity index (χ0) is 13.9. The molecule has 0 aromatic carbocycles. The molecule has 0 saturated carbocycles. The summed E-state index contributed by atoms with van der Waals surface area (Å²) in [6.45, 7) is 6.39. The highest BCUT2D eigenvalue weighted by Gasteiger charge is 2.26. The molecule has 0 aliphatic heterocycles. The Morgan fingerprint density at radius 2 is 1.67 bits per heavy atom. The summed E-state index contributed by atoms with van der Waals surface area (Å²) in [5, 5.41) is 8.38. The fourth-order valence-corrected chi connectivity index (χ4v) is 1.52. The highest BCUT2D eigenvalue weighted by atomic mass is 16.5. The van der Waals surface area contributed by atoms with Gasteiger partial charge in [-0.3, -0.25) is 4.79 Å². The molecule has 0 fully saturated rings. The number of carbonyl (C=O) groups is 1. The second-order valence-electron chi connectivity index (χ2n) is 5.40. The summed E-state index contributed by atoms with van der Waals surface area (Å²) in [6.07, 6.45) is 8.02. The molecular formula is C15H27NO2. The van der Waals surface area contributed by atoms with E-state index in [0.717, 1.165) is 32.1 Å². The number of nitriles is 1. The Labute approximate surface area is 112 Å². The van der Waals surface area contributed by atoms with E-state index in [0.29, 0.717) is 13.0 Å². The molecular weight excluding hydrogens is 226 g/mol. The molecule has 0 heterocycles. The number of hydrogen-bond acceptors (Lipinski definition) is 3. The van der Waals surface area contributed by atoms with E-state index >= 15 is 0 Å². The monoisotopic (exact) mass is 253 g/mol. The average Bonchev–Trinajstić information content (AvgIpc) is 2.36. The van der Waals surface area contributed by atoms with Crippen LogP contribution in [0, 0.1) is 16.7 Å². The molecule has 104 valence electrons. The second kappa shape index (κ2) is 9.94. The third-order valence-corrected chi connectivity index (χ3v) is 3.35. The van der Waals surface area contributed by atoms with E-state index in [2.05, 4.69) is 6.07 Å². The van der Waals surface area contributed by atoms with Gasteiger partial charge in [-0.05, 0) is 33.1 Å². The molecule has 0 aliphatic rings. The number of unbranched alkanes of at least 4 members (excludes halogenated alkanes) is 6. The zero-order valence-electron chi connectivity index (χ0n) is 12.1. The van der Waals surface area contributed by atoms with E-state index < -0.39 is 0 Å². The van der Waals surface area contributed by atoms with Crippen molar-refractivity contribution < 1.29 is 9.53 Å². The molecule has 3 nitrogen and oxygen atoms in total. The van der Waals surface area contributed by atoms with Crippen molar-refractivity contribution in [2.75, 3.05) is 6.61 Å². The largest absolute Gasteiger partial charge is 0.465 e. The fraction of sp³-hybridized carbons (Fsp3) is 0.867. The van der Waals surface area contributed by atoms with Gasteiger partial charge in [-0.2, -0.15) is 5.26 Å². The van der Waals surface area contributed by atoms with Crippen LogP contribution in [0.1, 0.15) is 72.1 Å². The van der Waals surface area contributed by atoms with Crippen LogP contribution in [0.15, 0.2) is 0 Å². The van der Waals surface area contributed by atoms with Crippen molar-refractivity contribution in [3.8, 4) is 6.07 Å². The first-order valence-corrected chi connectivity index (χ1v) is 7.08. The van der Waals surface area contributed by atoms with Crippen molar-refractivity contribution >= 4 is 5.97 Å². The van der Waals surface area contributed by atoms with E-state index in [1.807, 2.05) is 20.8 Å². The maximum absolute atomic E-state index is 11.7. The van der Waals surface area contributed by atoms with Gasteiger partial charge in [0, 0.05) is 6.42 Å². The molecule has 0 rings (SSSR count). The van der Waals surface area contributed by atoms with Crippen LogP contribution >= 0.6 is 0 Å². The Bertz CT molecular complexity index is 266. The molecule has 0 bridgehead atoms. The normalized spacial score (nSPS) is 11.0. The molecule has 0 aliphatic carbocycles. The van der Waals surface area contributed by atoms with Gasteiger partial charge < -0.3 is 4.74 Å². The molecule has 3 heteroatoms. The Morgan fingerprint density at radius 1 is 1.11 bits per heavy atom. The number of esters is 1. The summed E-state index contributed by atoms with van der Waals surface area (Å²) >= 11 is 0. The standard InChI is InChI=1S/C15H27NO2/c1-4-15(2,3)14(17)18-13-11-9-7-5-6-8-10-12-16/h4-11,13H2,1-3H3. The number of ether oxygens (including phenoxy) is 1. The molecule has 0 spiro atoms. The van der Waals surface area contributed by atoms with Crippen molar-refractivity contribution in [3.63, 3.8) is 0 Å². The molecule has 0 atom stereocenters. The molecule has 0 N–H and O–H groups in total. The molecule has 0 amide bonds. The van der Waals surface area contributed by atoms with Gasteiger partial charge in [0.1, 0.15) is 0 Å². The third-order valence-electron chi connectivity index (χ3n) is 3.35. The van der Waals surface area contributed by atoms with Crippen LogP contribution in [-0.2, 0) is 9.53 Å². The van der Waals surface area contributed by atoms with Gasteiger partial charge in [0.25, 0.3) is 0 Å². The van der Waals surface area contributed by atoms with Gasteiger partial charge in [0.05, 0.1) is 18.1 Å². The van der Waals surface area contributed by atoms with Crippen LogP contribution in [0.4, 0.5) is 0 Å². The van der Waals surface area contributed by atoms with Gasteiger partial charge in [-0.25, -0.2) is 0 Å². The lowest BCUT2D eigenvalue weighted by atomic mass is 9.91. The average molecular weight is 253 g/mol. The Kier molecular flexibility index (Phi) is 9.36. The van der Waals surface area contributed by atoms with Crippen molar-refractivity contribution in [1.29, 1.82) is 5.26 Å². The highest BCUT2D eigenvalue weighted by Crippen LogP contribution is 2.21. The number of hydrogen-bond donors (Lipinski definition) is 0. The lowest BCUT2D eigenvalue weighted by Gasteiger charge is -2.20. The van der Waals surface area contributed by atoms with Crippen LogP contribution in [0.25, 0.3) is 0 Å². The third kappa shape index (κ3) is 8.11. The van der Waals surface area contributed by atoms with Crippen LogP contribution in [0.2, 0.25) is 0 Å². The van der Waals surface area contributed by atoms with E-state index in [4.69, 9.17) is 10.00 Å². The Hall–Kier alpha value is -1.04. The second-order valence-corrected chi connectivity index (χ2v) is 5.40. The van der Waals surface area contributed by atoms with Gasteiger partial charge in [0.2, 0.25) is 0 Å².